The van der Waals surface area contributed by atoms with E-state index in [1.165, 1.54) is 11.8 Å². The number of carbonyl (C=O) groups is 1. The number of methoxy groups -OCH3 is 1. The normalized spacial score (nSPS) is 10.8. The molecule has 4 aromatic rings. The Balaban J connectivity index is 1.58. The lowest BCUT2D eigenvalue weighted by Gasteiger charge is -2.12. The van der Waals surface area contributed by atoms with Crippen LogP contribution in [0.25, 0.3) is 11.4 Å². The predicted molar refractivity (Wildman–Crippen MR) is 123 cm³/mol. The Kier molecular flexibility index (Phi) is 6.50. The fourth-order valence-corrected chi connectivity index (χ4v) is 3.96. The van der Waals surface area contributed by atoms with Gasteiger partial charge >= 0.3 is 0 Å². The second-order valence-electron chi connectivity index (χ2n) is 6.35. The quantitative estimate of drug-likeness (QED) is 0.377. The largest absolute Gasteiger partial charge is 0.497 e. The molecule has 10 heteroatoms. The fraction of sp³-hybridized carbons (Fsp3) is 0.0952. The second-order valence-corrected chi connectivity index (χ2v) is 8.08. The second kappa shape index (κ2) is 9.47. The summed E-state index contributed by atoms with van der Waals surface area (Å²) in [4.78, 5) is 12.5. The summed E-state index contributed by atoms with van der Waals surface area (Å²) in [6.07, 6.45) is 3.76. The molecule has 31 heavy (non-hydrogen) atoms. The summed E-state index contributed by atoms with van der Waals surface area (Å²) >= 11 is 13.4. The number of carbonyl (C=O) groups excluding carboxylic acids is 1. The van der Waals surface area contributed by atoms with E-state index in [0.29, 0.717) is 32.5 Å². The first-order chi connectivity index (χ1) is 15.1. The van der Waals surface area contributed by atoms with Gasteiger partial charge in [0.25, 0.3) is 0 Å². The molecule has 2 aromatic heterocycles. The lowest BCUT2D eigenvalue weighted by Crippen LogP contribution is -2.16. The van der Waals surface area contributed by atoms with Gasteiger partial charge in [0.05, 0.1) is 28.6 Å². The molecule has 7 nitrogen and oxygen atoms in total. The van der Waals surface area contributed by atoms with Crippen molar-refractivity contribution in [2.24, 2.45) is 0 Å². The first-order valence-corrected chi connectivity index (χ1v) is 10.9. The van der Waals surface area contributed by atoms with Gasteiger partial charge in [0.2, 0.25) is 11.1 Å². The van der Waals surface area contributed by atoms with E-state index in [1.54, 1.807) is 25.3 Å². The third kappa shape index (κ3) is 4.71. The van der Waals surface area contributed by atoms with Crippen molar-refractivity contribution < 1.29 is 9.53 Å². The summed E-state index contributed by atoms with van der Waals surface area (Å²) in [5.41, 5.74) is 1.30. The van der Waals surface area contributed by atoms with Crippen LogP contribution in [-0.4, -0.2) is 38.3 Å². The molecule has 0 aliphatic carbocycles. The van der Waals surface area contributed by atoms with Crippen LogP contribution < -0.4 is 10.1 Å². The van der Waals surface area contributed by atoms with Crippen LogP contribution in [0.1, 0.15) is 0 Å². The number of nitrogens with one attached hydrogen (secondary N) is 1. The van der Waals surface area contributed by atoms with Crippen molar-refractivity contribution in [1.29, 1.82) is 0 Å². The van der Waals surface area contributed by atoms with Crippen molar-refractivity contribution in [2.45, 2.75) is 5.16 Å². The average Bonchev–Trinajstić information content (AvgIpc) is 3.45. The summed E-state index contributed by atoms with van der Waals surface area (Å²) in [6.45, 7) is 0. The molecule has 0 bridgehead atoms. The summed E-state index contributed by atoms with van der Waals surface area (Å²) in [5, 5.41) is 12.7. The Morgan fingerprint density at radius 2 is 1.87 bits per heavy atom. The van der Waals surface area contributed by atoms with Crippen LogP contribution in [0.15, 0.2) is 72.1 Å². The van der Waals surface area contributed by atoms with Gasteiger partial charge in [-0.25, -0.2) is 4.68 Å². The summed E-state index contributed by atoms with van der Waals surface area (Å²) < 4.78 is 9.01. The Labute approximate surface area is 192 Å². The van der Waals surface area contributed by atoms with Gasteiger partial charge in [0, 0.05) is 18.0 Å². The van der Waals surface area contributed by atoms with Gasteiger partial charge in [-0.1, -0.05) is 53.2 Å². The Morgan fingerprint density at radius 3 is 2.65 bits per heavy atom. The van der Waals surface area contributed by atoms with Crippen molar-refractivity contribution in [3.8, 4) is 17.1 Å². The minimum absolute atomic E-state index is 0.111. The SMILES string of the molecule is COc1cccc(-c2nnc(SCC(=O)Nc3cccc(Cl)c3Cl)n2-n2cccc2)c1. The van der Waals surface area contributed by atoms with E-state index in [0.717, 1.165) is 5.56 Å². The van der Waals surface area contributed by atoms with Crippen LogP contribution in [0.3, 0.4) is 0 Å². The van der Waals surface area contributed by atoms with E-state index in [9.17, 15) is 4.79 Å². The molecule has 1 amide bonds. The van der Waals surface area contributed by atoms with E-state index in [1.807, 2.05) is 58.1 Å². The molecule has 0 saturated heterocycles. The number of nitrogens with zero attached hydrogens (tertiary/aromatic N) is 4. The molecule has 0 saturated carbocycles. The minimum Gasteiger partial charge on any atom is -0.497 e. The maximum Gasteiger partial charge on any atom is 0.234 e. The topological polar surface area (TPSA) is 74.0 Å². The highest BCUT2D eigenvalue weighted by Gasteiger charge is 2.18. The number of hydrogen-bond acceptors (Lipinski definition) is 5. The average molecular weight is 474 g/mol. The smallest absolute Gasteiger partial charge is 0.234 e. The van der Waals surface area contributed by atoms with Crippen LogP contribution in [0.5, 0.6) is 5.75 Å². The molecule has 2 aromatic carbocycles. The maximum atomic E-state index is 12.5. The summed E-state index contributed by atoms with van der Waals surface area (Å²) in [6, 6.07) is 16.4. The van der Waals surface area contributed by atoms with Crippen molar-refractivity contribution in [1.82, 2.24) is 19.5 Å². The van der Waals surface area contributed by atoms with E-state index in [-0.39, 0.29) is 11.7 Å². The number of ether oxygens (including phenoxy) is 1. The number of amides is 1. The highest BCUT2D eigenvalue weighted by Crippen LogP contribution is 2.30. The number of halogens is 2. The van der Waals surface area contributed by atoms with Gasteiger partial charge in [-0.05, 0) is 36.4 Å². The van der Waals surface area contributed by atoms with Gasteiger partial charge in [0.15, 0.2) is 5.82 Å². The molecule has 0 aliphatic rings. The lowest BCUT2D eigenvalue weighted by molar-refractivity contribution is -0.113. The first kappa shape index (κ1) is 21.3. The molecule has 2 heterocycles. The zero-order valence-corrected chi connectivity index (χ0v) is 18.7. The van der Waals surface area contributed by atoms with Crippen LogP contribution in [0.4, 0.5) is 5.69 Å². The van der Waals surface area contributed by atoms with Gasteiger partial charge < -0.3 is 10.1 Å². The Bertz CT molecular complexity index is 1210. The molecule has 0 spiro atoms. The molecule has 0 radical (unpaired) electrons. The van der Waals surface area contributed by atoms with Crippen LogP contribution >= 0.6 is 35.0 Å². The molecule has 0 fully saturated rings. The van der Waals surface area contributed by atoms with E-state index < -0.39 is 0 Å². The fourth-order valence-electron chi connectivity index (χ4n) is 2.88. The molecule has 158 valence electrons. The predicted octanol–water partition coefficient (Wildman–Crippen LogP) is 5.10. The Hall–Kier alpha value is -2.94. The minimum atomic E-state index is -0.237. The van der Waals surface area contributed by atoms with Crippen molar-refractivity contribution >= 4 is 46.6 Å². The molecular weight excluding hydrogens is 457 g/mol. The number of anilines is 1. The van der Waals surface area contributed by atoms with E-state index in [4.69, 9.17) is 27.9 Å². The first-order valence-electron chi connectivity index (χ1n) is 9.17. The Morgan fingerprint density at radius 1 is 1.10 bits per heavy atom. The van der Waals surface area contributed by atoms with E-state index >= 15 is 0 Å². The number of aromatic nitrogens is 4. The zero-order chi connectivity index (χ0) is 21.8. The highest BCUT2D eigenvalue weighted by molar-refractivity contribution is 7.99. The highest BCUT2D eigenvalue weighted by atomic mass is 35.5. The van der Waals surface area contributed by atoms with Gasteiger partial charge in [0.1, 0.15) is 5.75 Å². The zero-order valence-electron chi connectivity index (χ0n) is 16.3. The van der Waals surface area contributed by atoms with Gasteiger partial charge in [-0.2, -0.15) is 0 Å². The third-order valence-corrected chi connectivity index (χ3v) is 6.06. The van der Waals surface area contributed by atoms with Crippen LogP contribution in [0, 0.1) is 0 Å². The van der Waals surface area contributed by atoms with Crippen LogP contribution in [-0.2, 0) is 4.79 Å². The monoisotopic (exact) mass is 473 g/mol. The molecule has 1 N–H and O–H groups in total. The molecule has 0 aliphatic heterocycles. The lowest BCUT2D eigenvalue weighted by atomic mass is 10.2. The number of thioether (sulfide) groups is 1. The summed E-state index contributed by atoms with van der Waals surface area (Å²) in [7, 11) is 1.61. The number of rotatable bonds is 7. The van der Waals surface area contributed by atoms with E-state index in [2.05, 4.69) is 15.5 Å². The van der Waals surface area contributed by atoms with Gasteiger partial charge in [-0.15, -0.1) is 10.2 Å². The molecule has 0 atom stereocenters. The maximum absolute atomic E-state index is 12.5. The van der Waals surface area contributed by atoms with Crippen molar-refractivity contribution in [3.63, 3.8) is 0 Å². The van der Waals surface area contributed by atoms with Crippen LogP contribution in [0.2, 0.25) is 10.0 Å². The van der Waals surface area contributed by atoms with Gasteiger partial charge in [-0.3, -0.25) is 9.47 Å². The summed E-state index contributed by atoms with van der Waals surface area (Å²) in [5.74, 6) is 1.21. The molecule has 0 unspecified atom stereocenters. The molecular formula is C21H17Cl2N5O2S. The standard InChI is InChI=1S/C21H17Cl2N5O2S/c1-30-15-7-4-6-14(12-15)20-25-26-21(28(20)27-10-2-3-11-27)31-13-18(29)24-17-9-5-8-16(22)19(17)23/h2-12H,13H2,1H3,(H,24,29). The third-order valence-electron chi connectivity index (χ3n) is 4.32. The number of hydrogen-bond donors (Lipinski definition) is 1. The molecule has 4 rings (SSSR count). The van der Waals surface area contributed by atoms with Crippen molar-refractivity contribution in [3.05, 3.63) is 77.0 Å². The number of benzene rings is 2. The van der Waals surface area contributed by atoms with Crippen molar-refractivity contribution in [2.75, 3.05) is 18.2 Å².